The summed E-state index contributed by atoms with van der Waals surface area (Å²) in [4.78, 5) is 21.7. The van der Waals surface area contributed by atoms with Gasteiger partial charge in [0, 0.05) is 16.6 Å². The molecule has 2 aliphatic carbocycles. The summed E-state index contributed by atoms with van der Waals surface area (Å²) in [7, 11) is 0. The summed E-state index contributed by atoms with van der Waals surface area (Å²) >= 11 is 10.2. The van der Waals surface area contributed by atoms with E-state index in [0.29, 0.717) is 35.8 Å². The van der Waals surface area contributed by atoms with Crippen molar-refractivity contribution in [1.29, 1.82) is 0 Å². The van der Waals surface area contributed by atoms with Crippen LogP contribution in [-0.2, 0) is 11.4 Å². The second-order valence-electron chi connectivity index (χ2n) is 10.4. The minimum atomic E-state index is 0.0912. The number of rotatable bonds is 8. The average molecular weight is 679 g/mol. The number of benzene rings is 2. The van der Waals surface area contributed by atoms with E-state index in [4.69, 9.17) is 26.1 Å². The second kappa shape index (κ2) is 13.8. The molecule has 0 bridgehead atoms. The monoisotopic (exact) mass is 678 g/mol. The smallest absolute Gasteiger partial charge is 0.266 e. The summed E-state index contributed by atoms with van der Waals surface area (Å²) in [6, 6.07) is 12.3. The number of halogens is 2. The normalized spacial score (nSPS) is 21.2. The number of carbonyl (C=O) groups excluding carboxylic acids is 1. The fourth-order valence-electron chi connectivity index (χ4n) is 5.60. The first-order valence-electron chi connectivity index (χ1n) is 14.2. The van der Waals surface area contributed by atoms with Crippen LogP contribution in [0.4, 0.5) is 0 Å². The van der Waals surface area contributed by atoms with E-state index >= 15 is 0 Å². The van der Waals surface area contributed by atoms with Gasteiger partial charge >= 0.3 is 0 Å². The van der Waals surface area contributed by atoms with Crippen LogP contribution in [0, 0.1) is 3.57 Å². The van der Waals surface area contributed by atoms with E-state index in [1.165, 1.54) is 38.5 Å². The van der Waals surface area contributed by atoms with Gasteiger partial charge < -0.3 is 9.47 Å². The van der Waals surface area contributed by atoms with Gasteiger partial charge in [0.05, 0.1) is 21.1 Å². The van der Waals surface area contributed by atoms with E-state index < -0.39 is 0 Å². The lowest BCUT2D eigenvalue weighted by Gasteiger charge is -2.31. The Morgan fingerprint density at radius 2 is 1.77 bits per heavy atom. The van der Waals surface area contributed by atoms with Gasteiger partial charge in [-0.15, -0.1) is 0 Å². The fraction of sp³-hybridized carbons (Fsp3) is 0.484. The zero-order chi connectivity index (χ0) is 27.2. The Kier molecular flexibility index (Phi) is 10.2. The Morgan fingerprint density at radius 3 is 2.49 bits per heavy atom. The highest BCUT2D eigenvalue weighted by Crippen LogP contribution is 2.40. The zero-order valence-corrected chi connectivity index (χ0v) is 26.2. The second-order valence-corrected chi connectivity index (χ2v) is 13.0. The third-order valence-corrected chi connectivity index (χ3v) is 9.77. The number of hydrogen-bond donors (Lipinski definition) is 0. The van der Waals surface area contributed by atoms with Crippen molar-refractivity contribution in [3.05, 3.63) is 61.0 Å². The topological polar surface area (TPSA) is 51.1 Å². The van der Waals surface area contributed by atoms with Gasteiger partial charge in [0.15, 0.2) is 16.7 Å². The first kappa shape index (κ1) is 28.8. The number of aliphatic imine (C=N–C) groups is 1. The molecule has 0 spiro atoms. The zero-order valence-electron chi connectivity index (χ0n) is 22.5. The van der Waals surface area contributed by atoms with Crippen LogP contribution in [0.5, 0.6) is 11.5 Å². The van der Waals surface area contributed by atoms with E-state index in [1.54, 1.807) is 11.8 Å². The first-order valence-corrected chi connectivity index (χ1v) is 16.4. The summed E-state index contributed by atoms with van der Waals surface area (Å²) in [6.07, 6.45) is 13.8. The lowest BCUT2D eigenvalue weighted by molar-refractivity contribution is -0.124. The molecule has 1 aliphatic heterocycles. The minimum Gasteiger partial charge on any atom is -0.490 e. The van der Waals surface area contributed by atoms with Crippen molar-refractivity contribution in [3.63, 3.8) is 0 Å². The molecule has 8 heteroatoms. The Bertz CT molecular complexity index is 1240. The van der Waals surface area contributed by atoms with Gasteiger partial charge in [-0.25, -0.2) is 0 Å². The molecule has 5 rings (SSSR count). The van der Waals surface area contributed by atoms with Gasteiger partial charge in [-0.05, 0) is 96.8 Å². The quantitative estimate of drug-likeness (QED) is 0.207. The molecule has 0 radical (unpaired) electrons. The SMILES string of the molecule is CCOc1cc(C=C2SC(=NC3CCCCC3)N(C3CCCCC3)C2=O)cc(I)c1OCc1ccccc1Cl. The predicted octanol–water partition coefficient (Wildman–Crippen LogP) is 8.86. The van der Waals surface area contributed by atoms with Crippen molar-refractivity contribution < 1.29 is 14.3 Å². The number of amides is 1. The highest BCUT2D eigenvalue weighted by Gasteiger charge is 2.39. The molecular weight excluding hydrogens is 643 g/mol. The van der Waals surface area contributed by atoms with E-state index in [1.807, 2.05) is 54.3 Å². The molecule has 2 saturated carbocycles. The molecular formula is C31H36ClIN2O3S. The maximum absolute atomic E-state index is 13.8. The van der Waals surface area contributed by atoms with Crippen LogP contribution < -0.4 is 9.47 Å². The van der Waals surface area contributed by atoms with Crippen molar-refractivity contribution in [2.24, 2.45) is 4.99 Å². The fourth-order valence-corrected chi connectivity index (χ4v) is 7.68. The first-order chi connectivity index (χ1) is 19.0. The van der Waals surface area contributed by atoms with Gasteiger partial charge in [-0.3, -0.25) is 14.7 Å². The van der Waals surface area contributed by atoms with Crippen molar-refractivity contribution in [3.8, 4) is 11.5 Å². The molecule has 208 valence electrons. The van der Waals surface area contributed by atoms with E-state index in [-0.39, 0.29) is 11.9 Å². The van der Waals surface area contributed by atoms with Crippen LogP contribution in [-0.4, -0.2) is 34.7 Å². The number of amidine groups is 1. The molecule has 1 amide bonds. The molecule has 1 saturated heterocycles. The Labute approximate surface area is 254 Å². The van der Waals surface area contributed by atoms with Crippen LogP contribution >= 0.6 is 46.0 Å². The van der Waals surface area contributed by atoms with Gasteiger partial charge in [-0.1, -0.05) is 68.3 Å². The van der Waals surface area contributed by atoms with Crippen LogP contribution in [0.1, 0.15) is 82.3 Å². The molecule has 0 atom stereocenters. The predicted molar refractivity (Wildman–Crippen MR) is 170 cm³/mol. The Hall–Kier alpha value is -1.71. The van der Waals surface area contributed by atoms with Gasteiger partial charge in [0.1, 0.15) is 6.61 Å². The summed E-state index contributed by atoms with van der Waals surface area (Å²) < 4.78 is 13.1. The summed E-state index contributed by atoms with van der Waals surface area (Å²) in [5.74, 6) is 1.45. The lowest BCUT2D eigenvalue weighted by Crippen LogP contribution is -2.41. The van der Waals surface area contributed by atoms with E-state index in [0.717, 1.165) is 50.5 Å². The van der Waals surface area contributed by atoms with Crippen LogP contribution in [0.3, 0.4) is 0 Å². The van der Waals surface area contributed by atoms with Gasteiger partial charge in [0.25, 0.3) is 5.91 Å². The minimum absolute atomic E-state index is 0.0912. The summed E-state index contributed by atoms with van der Waals surface area (Å²) in [5, 5.41) is 1.58. The number of carbonyl (C=O) groups is 1. The number of thioether (sulfide) groups is 1. The molecule has 0 aromatic heterocycles. The third-order valence-electron chi connectivity index (χ3n) is 7.60. The van der Waals surface area contributed by atoms with Crippen molar-refractivity contribution in [1.82, 2.24) is 4.90 Å². The lowest BCUT2D eigenvalue weighted by atomic mass is 9.94. The van der Waals surface area contributed by atoms with Crippen LogP contribution in [0.2, 0.25) is 5.02 Å². The molecule has 39 heavy (non-hydrogen) atoms. The maximum Gasteiger partial charge on any atom is 0.266 e. The van der Waals surface area contributed by atoms with Crippen LogP contribution in [0.25, 0.3) is 6.08 Å². The third kappa shape index (κ3) is 7.14. The average Bonchev–Trinajstić information content (AvgIpc) is 3.24. The standard InChI is InChI=1S/C31H36ClIN2O3S/c1-2-37-27-18-21(17-26(33)29(27)38-20-22-11-9-10-16-25(22)32)19-28-30(36)35(24-14-7-4-8-15-24)31(39-28)34-23-12-5-3-6-13-23/h9-11,16-19,23-24H,2-8,12-15,20H2,1H3. The van der Waals surface area contributed by atoms with Crippen molar-refractivity contribution >= 4 is 63.1 Å². The molecule has 2 aromatic rings. The van der Waals surface area contributed by atoms with Crippen molar-refractivity contribution in [2.45, 2.75) is 89.8 Å². The van der Waals surface area contributed by atoms with Gasteiger partial charge in [-0.2, -0.15) is 0 Å². The number of nitrogens with zero attached hydrogens (tertiary/aromatic N) is 2. The molecule has 3 aliphatic rings. The Morgan fingerprint density at radius 1 is 1.05 bits per heavy atom. The van der Waals surface area contributed by atoms with E-state index in [2.05, 4.69) is 22.6 Å². The molecule has 0 unspecified atom stereocenters. The summed E-state index contributed by atoms with van der Waals surface area (Å²) in [6.45, 7) is 2.82. The molecule has 2 aromatic carbocycles. The molecule has 5 nitrogen and oxygen atoms in total. The molecule has 3 fully saturated rings. The Balaban J connectivity index is 1.42. The largest absolute Gasteiger partial charge is 0.490 e. The molecule has 1 heterocycles. The van der Waals surface area contributed by atoms with Gasteiger partial charge in [0.2, 0.25) is 0 Å². The van der Waals surface area contributed by atoms with E-state index in [9.17, 15) is 4.79 Å². The molecule has 0 N–H and O–H groups in total. The number of hydrogen-bond acceptors (Lipinski definition) is 5. The summed E-state index contributed by atoms with van der Waals surface area (Å²) in [5.41, 5.74) is 1.84. The highest BCUT2D eigenvalue weighted by molar-refractivity contribution is 14.1. The van der Waals surface area contributed by atoms with Crippen LogP contribution in [0.15, 0.2) is 46.3 Å². The maximum atomic E-state index is 13.8. The highest BCUT2D eigenvalue weighted by atomic mass is 127. The van der Waals surface area contributed by atoms with Crippen molar-refractivity contribution in [2.75, 3.05) is 6.61 Å². The number of ether oxygens (including phenoxy) is 2.